The predicted molar refractivity (Wildman–Crippen MR) is 106 cm³/mol. The molecule has 6 nitrogen and oxygen atoms in total. The molecule has 29 heavy (non-hydrogen) atoms. The summed E-state index contributed by atoms with van der Waals surface area (Å²) in [5.41, 5.74) is -0.00416. The zero-order valence-electron chi connectivity index (χ0n) is 16.1. The molecule has 0 amide bonds. The first-order valence-corrected chi connectivity index (χ1v) is 10.5. The third-order valence-corrected chi connectivity index (χ3v) is 5.28. The first-order valence-electron chi connectivity index (χ1n) is 9.60. The van der Waals surface area contributed by atoms with E-state index in [0.717, 1.165) is 35.1 Å². The van der Waals surface area contributed by atoms with E-state index in [4.69, 9.17) is 4.74 Å². The summed E-state index contributed by atoms with van der Waals surface area (Å²) in [7, 11) is 0. The summed E-state index contributed by atoms with van der Waals surface area (Å²) in [5.74, 6) is 1.08. The number of aromatic nitrogens is 2. The first kappa shape index (κ1) is 21.4. The Bertz CT molecular complexity index is 818. The highest BCUT2D eigenvalue weighted by atomic mass is 32.1. The van der Waals surface area contributed by atoms with Crippen LogP contribution in [0.3, 0.4) is 0 Å². The van der Waals surface area contributed by atoms with Crippen LogP contribution in [0.4, 0.5) is 13.2 Å². The van der Waals surface area contributed by atoms with Gasteiger partial charge >= 0.3 is 6.18 Å². The maximum atomic E-state index is 12.7. The topological polar surface area (TPSA) is 71.4 Å². The van der Waals surface area contributed by atoms with Crippen molar-refractivity contribution in [3.63, 3.8) is 0 Å². The average molecular weight is 427 g/mol. The van der Waals surface area contributed by atoms with Crippen molar-refractivity contribution in [1.82, 2.24) is 20.6 Å². The molecule has 2 aromatic heterocycles. The normalized spacial score (nSPS) is 15.5. The lowest BCUT2D eigenvalue weighted by Crippen LogP contribution is -2.36. The number of alkyl halides is 3. The Morgan fingerprint density at radius 2 is 2.10 bits per heavy atom. The van der Waals surface area contributed by atoms with Crippen LogP contribution in [0, 0.1) is 0 Å². The van der Waals surface area contributed by atoms with E-state index in [0.29, 0.717) is 29.9 Å². The maximum Gasteiger partial charge on any atom is 0.434 e. The van der Waals surface area contributed by atoms with Crippen molar-refractivity contribution in [2.75, 3.05) is 6.54 Å². The lowest BCUT2D eigenvalue weighted by atomic mass is 10.2. The van der Waals surface area contributed by atoms with Crippen LogP contribution in [0.25, 0.3) is 0 Å². The van der Waals surface area contributed by atoms with E-state index in [2.05, 4.69) is 25.6 Å². The number of aliphatic imine (C=N–C) groups is 1. The molecule has 0 atom stereocenters. The smallest absolute Gasteiger partial charge is 0.434 e. The third kappa shape index (κ3) is 6.31. The van der Waals surface area contributed by atoms with Crippen LogP contribution in [-0.2, 0) is 19.3 Å². The van der Waals surface area contributed by atoms with Crippen molar-refractivity contribution < 1.29 is 17.9 Å². The van der Waals surface area contributed by atoms with Crippen molar-refractivity contribution in [3.05, 3.63) is 40.0 Å². The van der Waals surface area contributed by atoms with Crippen LogP contribution in [0.1, 0.15) is 48.9 Å². The van der Waals surface area contributed by atoms with E-state index >= 15 is 0 Å². The third-order valence-electron chi connectivity index (χ3n) is 4.43. The standard InChI is InChI=1S/C19H24F3N5OS/c1-2-23-18(26-11-16-27-15(12-29-16)19(20,21)22)25-10-13-6-5-9-24-17(13)28-14-7-3-4-8-14/h5-6,9,12,14H,2-4,7-8,10-11H2,1H3,(H2,23,25,26). The Balaban J connectivity index is 1.62. The highest BCUT2D eigenvalue weighted by molar-refractivity contribution is 7.09. The minimum atomic E-state index is -4.43. The van der Waals surface area contributed by atoms with Crippen LogP contribution in [0.2, 0.25) is 0 Å². The number of nitrogens with one attached hydrogen (secondary N) is 2. The Labute approximate surface area is 171 Å². The molecule has 0 radical (unpaired) electrons. The highest BCUT2D eigenvalue weighted by Gasteiger charge is 2.33. The number of rotatable bonds is 7. The van der Waals surface area contributed by atoms with Gasteiger partial charge in [0.1, 0.15) is 11.1 Å². The van der Waals surface area contributed by atoms with Gasteiger partial charge in [-0.2, -0.15) is 13.2 Å². The average Bonchev–Trinajstić information content (AvgIpc) is 3.36. The fraction of sp³-hybridized carbons (Fsp3) is 0.526. The highest BCUT2D eigenvalue weighted by Crippen LogP contribution is 2.30. The van der Waals surface area contributed by atoms with E-state index in [1.54, 1.807) is 6.20 Å². The van der Waals surface area contributed by atoms with Crippen LogP contribution < -0.4 is 15.4 Å². The zero-order valence-corrected chi connectivity index (χ0v) is 16.9. The van der Waals surface area contributed by atoms with Crippen LogP contribution in [0.15, 0.2) is 28.7 Å². The monoisotopic (exact) mass is 427 g/mol. The summed E-state index contributed by atoms with van der Waals surface area (Å²) in [6.45, 7) is 3.04. The lowest BCUT2D eigenvalue weighted by Gasteiger charge is -2.15. The fourth-order valence-electron chi connectivity index (χ4n) is 3.00. The van der Waals surface area contributed by atoms with Crippen molar-refractivity contribution in [2.24, 2.45) is 4.99 Å². The second kappa shape index (κ2) is 9.91. The fourth-order valence-corrected chi connectivity index (χ4v) is 3.74. The summed E-state index contributed by atoms with van der Waals surface area (Å²) >= 11 is 0.965. The molecule has 0 unspecified atom stereocenters. The van der Waals surface area contributed by atoms with E-state index in [-0.39, 0.29) is 12.6 Å². The van der Waals surface area contributed by atoms with Gasteiger partial charge in [0.25, 0.3) is 0 Å². The molecular formula is C19H24F3N5OS. The summed E-state index contributed by atoms with van der Waals surface area (Å²) in [4.78, 5) is 12.5. The van der Waals surface area contributed by atoms with Crippen molar-refractivity contribution in [3.8, 4) is 5.88 Å². The second-order valence-electron chi connectivity index (χ2n) is 6.66. The van der Waals surface area contributed by atoms with Gasteiger partial charge in [-0.1, -0.05) is 6.07 Å². The molecule has 1 saturated carbocycles. The number of pyridine rings is 1. The molecule has 158 valence electrons. The van der Waals surface area contributed by atoms with Gasteiger partial charge in [-0.3, -0.25) is 0 Å². The number of guanidine groups is 1. The molecule has 2 N–H and O–H groups in total. The molecule has 0 bridgehead atoms. The Morgan fingerprint density at radius 3 is 2.79 bits per heavy atom. The van der Waals surface area contributed by atoms with Crippen molar-refractivity contribution in [1.29, 1.82) is 0 Å². The molecule has 3 rings (SSSR count). The summed E-state index contributed by atoms with van der Waals surface area (Å²) in [5, 5.41) is 7.47. The summed E-state index contributed by atoms with van der Waals surface area (Å²) in [6, 6.07) is 3.75. The molecule has 2 heterocycles. The van der Waals surface area contributed by atoms with E-state index < -0.39 is 11.9 Å². The van der Waals surface area contributed by atoms with Gasteiger partial charge in [-0.15, -0.1) is 11.3 Å². The van der Waals surface area contributed by atoms with Gasteiger partial charge in [-0.05, 0) is 38.7 Å². The van der Waals surface area contributed by atoms with Gasteiger partial charge in [0.2, 0.25) is 5.88 Å². The number of hydrogen-bond acceptors (Lipinski definition) is 5. The zero-order chi connectivity index (χ0) is 20.7. The van der Waals surface area contributed by atoms with Crippen molar-refractivity contribution >= 4 is 17.3 Å². The van der Waals surface area contributed by atoms with E-state index in [9.17, 15) is 13.2 Å². The van der Waals surface area contributed by atoms with Gasteiger partial charge in [-0.25, -0.2) is 15.0 Å². The Kier molecular flexibility index (Phi) is 7.29. The molecule has 0 spiro atoms. The molecule has 10 heteroatoms. The van der Waals surface area contributed by atoms with Crippen molar-refractivity contribution in [2.45, 2.75) is 58.0 Å². The van der Waals surface area contributed by atoms with Crippen LogP contribution in [0.5, 0.6) is 5.88 Å². The lowest BCUT2D eigenvalue weighted by molar-refractivity contribution is -0.140. The number of ether oxygens (including phenoxy) is 1. The number of hydrogen-bond donors (Lipinski definition) is 2. The van der Waals surface area contributed by atoms with Gasteiger partial charge < -0.3 is 15.4 Å². The van der Waals surface area contributed by atoms with Crippen LogP contribution in [-0.4, -0.2) is 28.6 Å². The Hall–Kier alpha value is -2.36. The first-order chi connectivity index (χ1) is 14.0. The summed E-state index contributed by atoms with van der Waals surface area (Å²) < 4.78 is 44.1. The molecule has 2 aromatic rings. The SMILES string of the molecule is CCNC(=NCc1cccnc1OC1CCCC1)NCc1nc(C(F)(F)F)cs1. The van der Waals surface area contributed by atoms with Gasteiger partial charge in [0.15, 0.2) is 11.7 Å². The van der Waals surface area contributed by atoms with Gasteiger partial charge in [0, 0.05) is 23.7 Å². The van der Waals surface area contributed by atoms with Gasteiger partial charge in [0.05, 0.1) is 13.1 Å². The molecule has 0 aromatic carbocycles. The van der Waals surface area contributed by atoms with E-state index in [1.807, 2.05) is 19.1 Å². The Morgan fingerprint density at radius 1 is 1.31 bits per heavy atom. The summed E-state index contributed by atoms with van der Waals surface area (Å²) in [6.07, 6.45) is 1.89. The molecule has 1 fully saturated rings. The largest absolute Gasteiger partial charge is 0.474 e. The molecule has 0 saturated heterocycles. The minimum Gasteiger partial charge on any atom is -0.474 e. The quantitative estimate of drug-likeness (QED) is 0.514. The predicted octanol–water partition coefficient (Wildman–Crippen LogP) is 4.13. The number of thiazole rings is 1. The molecule has 1 aliphatic carbocycles. The molecule has 0 aliphatic heterocycles. The number of halogens is 3. The molecular weight excluding hydrogens is 403 g/mol. The van der Waals surface area contributed by atoms with E-state index in [1.165, 1.54) is 12.8 Å². The van der Waals surface area contributed by atoms with Crippen LogP contribution >= 0.6 is 11.3 Å². The second-order valence-corrected chi connectivity index (χ2v) is 7.61. The molecule has 1 aliphatic rings. The minimum absolute atomic E-state index is 0.158. The number of nitrogens with zero attached hydrogens (tertiary/aromatic N) is 3. The maximum absolute atomic E-state index is 12.7.